The minimum atomic E-state index is -0.586. The maximum absolute atomic E-state index is 11.5. The molecule has 2 rings (SSSR count). The van der Waals surface area contributed by atoms with Gasteiger partial charge in [-0.3, -0.25) is 9.59 Å². The predicted molar refractivity (Wildman–Crippen MR) is 72.1 cm³/mol. The average Bonchev–Trinajstić information content (AvgIpc) is 2.92. The molecule has 0 bridgehead atoms. The number of nitrogens with one attached hydrogen (secondary N) is 1. The van der Waals surface area contributed by atoms with Gasteiger partial charge >= 0.3 is 0 Å². The van der Waals surface area contributed by atoms with Crippen molar-refractivity contribution in [1.82, 2.24) is 25.5 Å². The van der Waals surface area contributed by atoms with Crippen molar-refractivity contribution < 1.29 is 9.59 Å². The molecule has 8 nitrogen and oxygen atoms in total. The summed E-state index contributed by atoms with van der Waals surface area (Å²) in [4.78, 5) is 22.0. The molecule has 1 aromatic heterocycles. The van der Waals surface area contributed by atoms with Crippen LogP contribution in [0.25, 0.3) is 5.69 Å². The maximum atomic E-state index is 11.5. The summed E-state index contributed by atoms with van der Waals surface area (Å²) in [6, 6.07) is 9.33. The summed E-state index contributed by atoms with van der Waals surface area (Å²) >= 11 is 1.17. The highest BCUT2D eigenvalue weighted by Gasteiger charge is 2.11. The van der Waals surface area contributed by atoms with Gasteiger partial charge < -0.3 is 11.1 Å². The molecule has 1 heterocycles. The lowest BCUT2D eigenvalue weighted by Crippen LogP contribution is -2.34. The highest BCUT2D eigenvalue weighted by Crippen LogP contribution is 2.17. The Hall–Kier alpha value is -2.42. The number of carbonyl (C=O) groups excluding carboxylic acids is 2. The van der Waals surface area contributed by atoms with Gasteiger partial charge in [-0.05, 0) is 22.6 Å². The lowest BCUT2D eigenvalue weighted by molar-refractivity contribution is -0.123. The number of benzene rings is 1. The normalized spacial score (nSPS) is 10.2. The van der Waals surface area contributed by atoms with Crippen LogP contribution >= 0.6 is 11.8 Å². The third kappa shape index (κ3) is 3.79. The van der Waals surface area contributed by atoms with Crippen LogP contribution in [0.3, 0.4) is 0 Å². The number of para-hydroxylation sites is 1. The minimum Gasteiger partial charge on any atom is -0.368 e. The SMILES string of the molecule is NC(=O)CNC(=O)CSc1nnnn1-c1ccccc1. The van der Waals surface area contributed by atoms with E-state index in [4.69, 9.17) is 5.73 Å². The second kappa shape index (κ2) is 6.66. The zero-order valence-electron chi connectivity index (χ0n) is 10.4. The van der Waals surface area contributed by atoms with Crippen molar-refractivity contribution in [2.24, 2.45) is 5.73 Å². The van der Waals surface area contributed by atoms with E-state index in [2.05, 4.69) is 20.8 Å². The first-order valence-electron chi connectivity index (χ1n) is 5.68. The lowest BCUT2D eigenvalue weighted by Gasteiger charge is -2.04. The number of thioether (sulfide) groups is 1. The summed E-state index contributed by atoms with van der Waals surface area (Å²) in [5.74, 6) is -0.797. The van der Waals surface area contributed by atoms with E-state index >= 15 is 0 Å². The molecule has 104 valence electrons. The number of tetrazole rings is 1. The number of nitrogens with two attached hydrogens (primary N) is 1. The molecule has 1 aromatic carbocycles. The summed E-state index contributed by atoms with van der Waals surface area (Å²) in [5, 5.41) is 14.2. The molecule has 3 N–H and O–H groups in total. The molecular formula is C11H12N6O2S. The quantitative estimate of drug-likeness (QED) is 0.684. The molecule has 0 aliphatic rings. The fraction of sp³-hybridized carbons (Fsp3) is 0.182. The molecule has 0 unspecified atom stereocenters. The number of primary amides is 1. The van der Waals surface area contributed by atoms with Crippen LogP contribution in [-0.4, -0.2) is 44.3 Å². The van der Waals surface area contributed by atoms with Gasteiger partial charge in [-0.25, -0.2) is 0 Å². The van der Waals surface area contributed by atoms with Gasteiger partial charge in [0.05, 0.1) is 18.0 Å². The third-order valence-corrected chi connectivity index (χ3v) is 3.15. The molecule has 0 spiro atoms. The second-order valence-corrected chi connectivity index (χ2v) is 4.68. The van der Waals surface area contributed by atoms with Crippen LogP contribution < -0.4 is 11.1 Å². The van der Waals surface area contributed by atoms with E-state index in [1.165, 1.54) is 16.4 Å². The molecule has 0 saturated heterocycles. The van der Waals surface area contributed by atoms with Gasteiger partial charge in [-0.1, -0.05) is 30.0 Å². The average molecular weight is 292 g/mol. The Morgan fingerprint density at radius 3 is 2.75 bits per heavy atom. The maximum Gasteiger partial charge on any atom is 0.236 e. The summed E-state index contributed by atoms with van der Waals surface area (Å²) in [6.45, 7) is -0.178. The first-order valence-corrected chi connectivity index (χ1v) is 6.67. The minimum absolute atomic E-state index is 0.0977. The molecule has 0 saturated carbocycles. The number of rotatable bonds is 6. The summed E-state index contributed by atoms with van der Waals surface area (Å²) in [7, 11) is 0. The molecule has 0 atom stereocenters. The summed E-state index contributed by atoms with van der Waals surface area (Å²) in [5.41, 5.74) is 5.74. The largest absolute Gasteiger partial charge is 0.368 e. The Kier molecular flexibility index (Phi) is 4.66. The van der Waals surface area contributed by atoms with Crippen LogP contribution in [0.2, 0.25) is 0 Å². The zero-order valence-corrected chi connectivity index (χ0v) is 11.2. The summed E-state index contributed by atoms with van der Waals surface area (Å²) < 4.78 is 1.53. The Morgan fingerprint density at radius 2 is 2.05 bits per heavy atom. The van der Waals surface area contributed by atoms with E-state index in [1.807, 2.05) is 30.3 Å². The molecule has 2 aromatic rings. The number of hydrogen-bond acceptors (Lipinski definition) is 6. The van der Waals surface area contributed by atoms with Crippen LogP contribution in [0, 0.1) is 0 Å². The van der Waals surface area contributed by atoms with Gasteiger partial charge in [0.15, 0.2) is 0 Å². The molecule has 20 heavy (non-hydrogen) atoms. The predicted octanol–water partition coefficient (Wildman–Crippen LogP) is -0.644. The van der Waals surface area contributed by atoms with Crippen molar-refractivity contribution in [3.05, 3.63) is 30.3 Å². The Balaban J connectivity index is 1.96. The van der Waals surface area contributed by atoms with Gasteiger partial charge in [0.25, 0.3) is 0 Å². The standard InChI is InChI=1S/C11H12N6O2S/c12-9(18)6-13-10(19)7-20-11-14-15-16-17(11)8-4-2-1-3-5-8/h1-5H,6-7H2,(H2,12,18)(H,13,19). The van der Waals surface area contributed by atoms with E-state index in [9.17, 15) is 9.59 Å². The van der Waals surface area contributed by atoms with Crippen molar-refractivity contribution in [3.63, 3.8) is 0 Å². The number of amides is 2. The van der Waals surface area contributed by atoms with E-state index in [0.29, 0.717) is 5.16 Å². The van der Waals surface area contributed by atoms with Crippen LogP contribution in [0.5, 0.6) is 0 Å². The monoisotopic (exact) mass is 292 g/mol. The van der Waals surface area contributed by atoms with Crippen LogP contribution in [-0.2, 0) is 9.59 Å². The van der Waals surface area contributed by atoms with Crippen molar-refractivity contribution in [1.29, 1.82) is 0 Å². The van der Waals surface area contributed by atoms with Gasteiger partial charge in [0.1, 0.15) is 0 Å². The smallest absolute Gasteiger partial charge is 0.236 e. The Morgan fingerprint density at radius 1 is 1.30 bits per heavy atom. The fourth-order valence-electron chi connectivity index (χ4n) is 1.37. The van der Waals surface area contributed by atoms with Crippen LogP contribution in [0.4, 0.5) is 0 Å². The van der Waals surface area contributed by atoms with Crippen molar-refractivity contribution in [2.75, 3.05) is 12.3 Å². The van der Waals surface area contributed by atoms with Crippen molar-refractivity contribution in [2.45, 2.75) is 5.16 Å². The third-order valence-electron chi connectivity index (χ3n) is 2.23. The number of nitrogens with zero attached hydrogens (tertiary/aromatic N) is 4. The van der Waals surface area contributed by atoms with Gasteiger partial charge in [-0.2, -0.15) is 4.68 Å². The van der Waals surface area contributed by atoms with Crippen molar-refractivity contribution >= 4 is 23.6 Å². The zero-order chi connectivity index (χ0) is 14.4. The highest BCUT2D eigenvalue weighted by molar-refractivity contribution is 7.99. The van der Waals surface area contributed by atoms with Gasteiger partial charge in [0, 0.05) is 0 Å². The van der Waals surface area contributed by atoms with Crippen molar-refractivity contribution in [3.8, 4) is 5.69 Å². The molecule has 0 aliphatic carbocycles. The second-order valence-electron chi connectivity index (χ2n) is 3.74. The molecule has 0 fully saturated rings. The van der Waals surface area contributed by atoms with Crippen LogP contribution in [0.1, 0.15) is 0 Å². The van der Waals surface area contributed by atoms with Crippen LogP contribution in [0.15, 0.2) is 35.5 Å². The molecule has 0 radical (unpaired) electrons. The Labute approximate surface area is 118 Å². The van der Waals surface area contributed by atoms with Gasteiger partial charge in [0.2, 0.25) is 17.0 Å². The topological polar surface area (TPSA) is 116 Å². The van der Waals surface area contributed by atoms with E-state index in [0.717, 1.165) is 5.69 Å². The number of aromatic nitrogens is 4. The molecule has 9 heteroatoms. The Bertz CT molecular complexity index is 600. The highest BCUT2D eigenvalue weighted by atomic mass is 32.2. The first-order chi connectivity index (χ1) is 9.66. The fourth-order valence-corrected chi connectivity index (χ4v) is 2.09. The molecular weight excluding hydrogens is 280 g/mol. The van der Waals surface area contributed by atoms with E-state index in [1.54, 1.807) is 0 Å². The van der Waals surface area contributed by atoms with E-state index in [-0.39, 0.29) is 18.2 Å². The number of hydrogen-bond donors (Lipinski definition) is 2. The van der Waals surface area contributed by atoms with E-state index < -0.39 is 5.91 Å². The molecule has 0 aliphatic heterocycles. The number of carbonyl (C=O) groups is 2. The van der Waals surface area contributed by atoms with Gasteiger partial charge in [-0.15, -0.1) is 5.10 Å². The summed E-state index contributed by atoms with van der Waals surface area (Å²) in [6.07, 6.45) is 0. The first kappa shape index (κ1) is 14.0. The lowest BCUT2D eigenvalue weighted by atomic mass is 10.3. The molecule has 2 amide bonds.